The van der Waals surface area contributed by atoms with Crippen molar-refractivity contribution in [1.29, 1.82) is 0 Å². The van der Waals surface area contributed by atoms with E-state index in [1.54, 1.807) is 0 Å². The summed E-state index contributed by atoms with van der Waals surface area (Å²) in [7, 11) is 0. The average molecular weight is 176 g/mol. The van der Waals surface area contributed by atoms with Gasteiger partial charge in [-0.15, -0.1) is 0 Å². The SMILES string of the molecule is O=C(O)CC(F)C1CCOCC1. The summed E-state index contributed by atoms with van der Waals surface area (Å²) in [6, 6.07) is 0. The van der Waals surface area contributed by atoms with Gasteiger partial charge < -0.3 is 9.84 Å². The summed E-state index contributed by atoms with van der Waals surface area (Å²) in [5.74, 6) is -1.18. The Morgan fingerprint density at radius 3 is 2.67 bits per heavy atom. The summed E-state index contributed by atoms with van der Waals surface area (Å²) in [6.45, 7) is 1.12. The van der Waals surface area contributed by atoms with Crippen LogP contribution in [0.3, 0.4) is 0 Å². The Morgan fingerprint density at radius 2 is 2.17 bits per heavy atom. The van der Waals surface area contributed by atoms with Crippen LogP contribution < -0.4 is 0 Å². The maximum Gasteiger partial charge on any atom is 0.306 e. The molecule has 0 aromatic rings. The van der Waals surface area contributed by atoms with E-state index in [1.807, 2.05) is 0 Å². The summed E-state index contributed by atoms with van der Waals surface area (Å²) >= 11 is 0. The molecule has 1 rings (SSSR count). The second kappa shape index (κ2) is 4.40. The molecule has 1 aliphatic heterocycles. The fourth-order valence-electron chi connectivity index (χ4n) is 1.41. The average Bonchev–Trinajstić information content (AvgIpc) is 2.05. The van der Waals surface area contributed by atoms with Crippen LogP contribution in [0.25, 0.3) is 0 Å². The van der Waals surface area contributed by atoms with Crippen LogP contribution in [0.2, 0.25) is 0 Å². The molecule has 0 spiro atoms. The second-order valence-corrected chi connectivity index (χ2v) is 3.06. The fraction of sp³-hybridized carbons (Fsp3) is 0.875. The molecule has 0 amide bonds. The zero-order chi connectivity index (χ0) is 8.97. The van der Waals surface area contributed by atoms with Crippen molar-refractivity contribution in [1.82, 2.24) is 0 Å². The number of rotatable bonds is 3. The Bertz CT molecular complexity index is 154. The highest BCUT2D eigenvalue weighted by Crippen LogP contribution is 2.23. The third-order valence-corrected chi connectivity index (χ3v) is 2.15. The number of carboxylic acid groups (broad SMARTS) is 1. The number of carboxylic acids is 1. The van der Waals surface area contributed by atoms with Gasteiger partial charge in [-0.25, -0.2) is 4.39 Å². The van der Waals surface area contributed by atoms with Gasteiger partial charge >= 0.3 is 5.97 Å². The van der Waals surface area contributed by atoms with Crippen molar-refractivity contribution in [2.45, 2.75) is 25.4 Å². The molecule has 1 heterocycles. The van der Waals surface area contributed by atoms with E-state index in [1.165, 1.54) is 0 Å². The maximum absolute atomic E-state index is 13.1. The molecule has 0 aromatic carbocycles. The molecule has 4 heteroatoms. The van der Waals surface area contributed by atoms with Gasteiger partial charge in [-0.05, 0) is 18.8 Å². The van der Waals surface area contributed by atoms with E-state index in [2.05, 4.69) is 0 Å². The van der Waals surface area contributed by atoms with E-state index in [9.17, 15) is 9.18 Å². The Labute approximate surface area is 70.5 Å². The van der Waals surface area contributed by atoms with Crippen molar-refractivity contribution in [2.24, 2.45) is 5.92 Å². The molecule has 0 aromatic heterocycles. The van der Waals surface area contributed by atoms with Crippen molar-refractivity contribution in [3.8, 4) is 0 Å². The molecule has 1 aliphatic rings. The van der Waals surface area contributed by atoms with E-state index in [-0.39, 0.29) is 12.3 Å². The van der Waals surface area contributed by atoms with Crippen LogP contribution >= 0.6 is 0 Å². The lowest BCUT2D eigenvalue weighted by atomic mass is 9.93. The van der Waals surface area contributed by atoms with E-state index in [4.69, 9.17) is 9.84 Å². The molecule has 1 unspecified atom stereocenters. The molecule has 1 fully saturated rings. The van der Waals surface area contributed by atoms with Crippen LogP contribution in [0.1, 0.15) is 19.3 Å². The van der Waals surface area contributed by atoms with Gasteiger partial charge in [0.15, 0.2) is 0 Å². The molecule has 0 bridgehead atoms. The minimum absolute atomic E-state index is 0.116. The second-order valence-electron chi connectivity index (χ2n) is 3.06. The largest absolute Gasteiger partial charge is 0.481 e. The minimum Gasteiger partial charge on any atom is -0.481 e. The lowest BCUT2D eigenvalue weighted by Crippen LogP contribution is -2.26. The Morgan fingerprint density at radius 1 is 1.58 bits per heavy atom. The summed E-state index contributed by atoms with van der Waals surface area (Å²) < 4.78 is 18.1. The zero-order valence-electron chi connectivity index (χ0n) is 6.83. The standard InChI is InChI=1S/C8H13FO3/c9-7(5-8(10)11)6-1-3-12-4-2-6/h6-7H,1-5H2,(H,10,11). The predicted molar refractivity (Wildman–Crippen MR) is 40.7 cm³/mol. The van der Waals surface area contributed by atoms with Gasteiger partial charge in [0, 0.05) is 13.2 Å². The molecule has 12 heavy (non-hydrogen) atoms. The van der Waals surface area contributed by atoms with Gasteiger partial charge in [0.1, 0.15) is 6.17 Å². The van der Waals surface area contributed by atoms with Crippen molar-refractivity contribution in [3.63, 3.8) is 0 Å². The van der Waals surface area contributed by atoms with Crippen LogP contribution in [-0.4, -0.2) is 30.5 Å². The van der Waals surface area contributed by atoms with E-state index in [0.717, 1.165) is 0 Å². The van der Waals surface area contributed by atoms with Crippen molar-refractivity contribution >= 4 is 5.97 Å². The number of ether oxygens (including phenoxy) is 1. The fourth-order valence-corrected chi connectivity index (χ4v) is 1.41. The minimum atomic E-state index is -1.20. The van der Waals surface area contributed by atoms with Crippen LogP contribution in [0.15, 0.2) is 0 Å². The van der Waals surface area contributed by atoms with Crippen molar-refractivity contribution in [3.05, 3.63) is 0 Å². The number of alkyl halides is 1. The molecule has 1 atom stereocenters. The van der Waals surface area contributed by atoms with E-state index in [0.29, 0.717) is 26.1 Å². The van der Waals surface area contributed by atoms with Gasteiger partial charge in [-0.3, -0.25) is 4.79 Å². The third-order valence-electron chi connectivity index (χ3n) is 2.15. The smallest absolute Gasteiger partial charge is 0.306 e. The topological polar surface area (TPSA) is 46.5 Å². The number of hydrogen-bond acceptors (Lipinski definition) is 2. The van der Waals surface area contributed by atoms with Crippen LogP contribution in [-0.2, 0) is 9.53 Å². The first-order valence-electron chi connectivity index (χ1n) is 4.13. The first-order valence-corrected chi connectivity index (χ1v) is 4.13. The third kappa shape index (κ3) is 2.77. The van der Waals surface area contributed by atoms with Crippen LogP contribution in [0, 0.1) is 5.92 Å². The highest BCUT2D eigenvalue weighted by atomic mass is 19.1. The molecule has 3 nitrogen and oxygen atoms in total. The lowest BCUT2D eigenvalue weighted by Gasteiger charge is -2.24. The highest BCUT2D eigenvalue weighted by Gasteiger charge is 2.25. The Kier molecular flexibility index (Phi) is 3.47. The zero-order valence-corrected chi connectivity index (χ0v) is 6.83. The molecule has 1 saturated heterocycles. The summed E-state index contributed by atoms with van der Waals surface area (Å²) in [5, 5.41) is 8.34. The number of hydrogen-bond donors (Lipinski definition) is 1. The molecule has 1 N–H and O–H groups in total. The number of aliphatic carboxylic acids is 1. The number of halogens is 1. The van der Waals surface area contributed by atoms with Gasteiger partial charge in [-0.1, -0.05) is 0 Å². The Balaban J connectivity index is 2.29. The predicted octanol–water partition coefficient (Wildman–Crippen LogP) is 1.23. The number of carbonyl (C=O) groups is 1. The van der Waals surface area contributed by atoms with Gasteiger partial charge in [0.05, 0.1) is 6.42 Å². The maximum atomic E-state index is 13.1. The van der Waals surface area contributed by atoms with Gasteiger partial charge in [0.2, 0.25) is 0 Å². The molecular formula is C8H13FO3. The molecule has 0 radical (unpaired) electrons. The van der Waals surface area contributed by atoms with Gasteiger partial charge in [0.25, 0.3) is 0 Å². The first kappa shape index (κ1) is 9.45. The molecular weight excluding hydrogens is 163 g/mol. The molecule has 0 saturated carbocycles. The summed E-state index contributed by atoms with van der Waals surface area (Å²) in [4.78, 5) is 10.2. The van der Waals surface area contributed by atoms with E-state index < -0.39 is 12.1 Å². The highest BCUT2D eigenvalue weighted by molar-refractivity contribution is 5.67. The normalized spacial score (nSPS) is 22.1. The summed E-state index contributed by atoms with van der Waals surface area (Å²) in [5.41, 5.74) is 0. The van der Waals surface area contributed by atoms with Crippen molar-refractivity contribution in [2.75, 3.05) is 13.2 Å². The molecule has 0 aliphatic carbocycles. The lowest BCUT2D eigenvalue weighted by molar-refractivity contribution is -0.139. The molecule has 70 valence electrons. The van der Waals surface area contributed by atoms with Crippen LogP contribution in [0.5, 0.6) is 0 Å². The van der Waals surface area contributed by atoms with E-state index >= 15 is 0 Å². The quantitative estimate of drug-likeness (QED) is 0.703. The van der Waals surface area contributed by atoms with Crippen LogP contribution in [0.4, 0.5) is 4.39 Å². The van der Waals surface area contributed by atoms with Crippen molar-refractivity contribution < 1.29 is 19.0 Å². The Hall–Kier alpha value is -0.640. The van der Waals surface area contributed by atoms with Gasteiger partial charge in [-0.2, -0.15) is 0 Å². The first-order chi connectivity index (χ1) is 5.70. The monoisotopic (exact) mass is 176 g/mol. The summed E-state index contributed by atoms with van der Waals surface area (Å²) in [6.07, 6.45) is -0.278.